The number of carbonyl (C=O) groups is 2. The van der Waals surface area contributed by atoms with E-state index >= 15 is 0 Å². The van der Waals surface area contributed by atoms with Crippen LogP contribution in [-0.2, 0) is 9.59 Å². The van der Waals surface area contributed by atoms with Gasteiger partial charge >= 0.3 is 5.97 Å². The van der Waals surface area contributed by atoms with Crippen molar-refractivity contribution in [2.75, 3.05) is 7.11 Å². The van der Waals surface area contributed by atoms with Gasteiger partial charge in [0.15, 0.2) is 6.04 Å². The first kappa shape index (κ1) is 15.8. The van der Waals surface area contributed by atoms with Crippen LogP contribution in [0.4, 0.5) is 0 Å². The van der Waals surface area contributed by atoms with Crippen LogP contribution in [0, 0.1) is 29.6 Å². The third kappa shape index (κ3) is 2.37. The molecule has 0 aromatic heterocycles. The number of rotatable bonds is 5. The predicted molar refractivity (Wildman–Crippen MR) is 87.8 cm³/mol. The third-order valence-electron chi connectivity index (χ3n) is 6.08. The Labute approximate surface area is 145 Å². The van der Waals surface area contributed by atoms with Gasteiger partial charge in [0.25, 0.3) is 0 Å². The number of benzene rings is 1. The van der Waals surface area contributed by atoms with Gasteiger partial charge in [0.2, 0.25) is 5.91 Å². The van der Waals surface area contributed by atoms with Crippen molar-refractivity contribution in [3.8, 4) is 5.75 Å². The summed E-state index contributed by atoms with van der Waals surface area (Å²) in [5, 5.41) is 12.6. The molecule has 0 aliphatic heterocycles. The van der Waals surface area contributed by atoms with E-state index in [1.54, 1.807) is 12.1 Å². The predicted octanol–water partition coefficient (Wildman–Crippen LogP) is 2.88. The molecule has 3 saturated carbocycles. The lowest BCUT2D eigenvalue weighted by Gasteiger charge is -2.17. The van der Waals surface area contributed by atoms with Crippen LogP contribution in [0.3, 0.4) is 0 Å². The van der Waals surface area contributed by atoms with Crippen LogP contribution in [0.5, 0.6) is 5.75 Å². The number of methoxy groups -OCH3 is 1. The summed E-state index contributed by atoms with van der Waals surface area (Å²) in [7, 11) is 1.50. The first-order chi connectivity index (χ1) is 11.5. The molecule has 3 aliphatic carbocycles. The summed E-state index contributed by atoms with van der Waals surface area (Å²) in [6.45, 7) is 0. The van der Waals surface area contributed by atoms with Gasteiger partial charge in [-0.15, -0.1) is 0 Å². The van der Waals surface area contributed by atoms with Gasteiger partial charge in [0, 0.05) is 5.92 Å². The van der Waals surface area contributed by atoms with Crippen LogP contribution in [0.1, 0.15) is 30.9 Å². The second-order valence-corrected chi connectivity index (χ2v) is 7.59. The molecule has 4 rings (SSSR count). The minimum absolute atomic E-state index is 0.00632. The SMILES string of the molecule is COc1ccc(C(NC(=O)C2C3C4CCC(C4)C23)C(=O)O)cc1Cl. The normalized spacial score (nSPS) is 33.7. The van der Waals surface area contributed by atoms with Gasteiger partial charge < -0.3 is 15.2 Å². The Hall–Kier alpha value is -1.75. The third-order valence-corrected chi connectivity index (χ3v) is 6.38. The fraction of sp³-hybridized carbons (Fsp3) is 0.556. The lowest BCUT2D eigenvalue weighted by molar-refractivity contribution is -0.142. The lowest BCUT2D eigenvalue weighted by Crippen LogP contribution is -2.36. The van der Waals surface area contributed by atoms with Gasteiger partial charge in [-0.3, -0.25) is 4.79 Å². The van der Waals surface area contributed by atoms with Gasteiger partial charge in [0.1, 0.15) is 5.75 Å². The van der Waals surface area contributed by atoms with E-state index < -0.39 is 12.0 Å². The van der Waals surface area contributed by atoms with Crippen LogP contribution in [0.25, 0.3) is 0 Å². The van der Waals surface area contributed by atoms with Crippen molar-refractivity contribution in [2.24, 2.45) is 29.6 Å². The quantitative estimate of drug-likeness (QED) is 0.857. The number of aliphatic carboxylic acids is 1. The number of carboxylic acids is 1. The van der Waals surface area contributed by atoms with Crippen molar-refractivity contribution < 1.29 is 19.4 Å². The molecule has 2 N–H and O–H groups in total. The van der Waals surface area contributed by atoms with Crippen molar-refractivity contribution in [3.05, 3.63) is 28.8 Å². The van der Waals surface area contributed by atoms with Crippen LogP contribution in [0.15, 0.2) is 18.2 Å². The highest BCUT2D eigenvalue weighted by Gasteiger charge is 2.67. The zero-order valence-electron chi connectivity index (χ0n) is 13.4. The topological polar surface area (TPSA) is 75.6 Å². The van der Waals surface area contributed by atoms with Gasteiger partial charge in [-0.25, -0.2) is 4.79 Å². The second kappa shape index (κ2) is 5.66. The fourth-order valence-electron chi connectivity index (χ4n) is 5.06. The van der Waals surface area contributed by atoms with Crippen molar-refractivity contribution in [3.63, 3.8) is 0 Å². The van der Waals surface area contributed by atoms with Gasteiger partial charge in [0.05, 0.1) is 12.1 Å². The van der Waals surface area contributed by atoms with E-state index in [4.69, 9.17) is 16.3 Å². The molecule has 0 heterocycles. The minimum Gasteiger partial charge on any atom is -0.495 e. The van der Waals surface area contributed by atoms with E-state index in [0.717, 1.165) is 0 Å². The first-order valence-electron chi connectivity index (χ1n) is 8.38. The largest absolute Gasteiger partial charge is 0.495 e. The van der Waals surface area contributed by atoms with Crippen LogP contribution in [-0.4, -0.2) is 24.1 Å². The van der Waals surface area contributed by atoms with Crippen LogP contribution < -0.4 is 10.1 Å². The summed E-state index contributed by atoms with van der Waals surface area (Å²) >= 11 is 6.08. The average Bonchev–Trinajstić information content (AvgIpc) is 3.00. The summed E-state index contributed by atoms with van der Waals surface area (Å²) in [5.74, 6) is 1.59. The molecule has 3 fully saturated rings. The molecular weight excluding hydrogens is 330 g/mol. The number of nitrogens with one attached hydrogen (secondary N) is 1. The maximum absolute atomic E-state index is 12.6. The molecule has 1 amide bonds. The Kier molecular flexibility index (Phi) is 3.71. The summed E-state index contributed by atoms with van der Waals surface area (Å²) < 4.78 is 5.08. The molecule has 0 spiro atoms. The molecule has 6 heteroatoms. The molecule has 128 valence electrons. The monoisotopic (exact) mass is 349 g/mol. The van der Waals surface area contributed by atoms with Crippen LogP contribution in [0.2, 0.25) is 5.02 Å². The zero-order valence-corrected chi connectivity index (χ0v) is 14.1. The van der Waals surface area contributed by atoms with Gasteiger partial charge in [-0.1, -0.05) is 17.7 Å². The summed E-state index contributed by atoms with van der Waals surface area (Å²) in [4.78, 5) is 24.2. The molecule has 0 radical (unpaired) electrons. The number of carboxylic acid groups (broad SMARTS) is 1. The molecule has 2 bridgehead atoms. The molecule has 5 atom stereocenters. The number of amides is 1. The second-order valence-electron chi connectivity index (χ2n) is 7.19. The summed E-state index contributed by atoms with van der Waals surface area (Å²) in [6, 6.07) is 3.70. The van der Waals surface area contributed by atoms with E-state index in [2.05, 4.69) is 5.32 Å². The zero-order chi connectivity index (χ0) is 17.0. The van der Waals surface area contributed by atoms with E-state index in [1.807, 2.05) is 0 Å². The molecule has 5 nitrogen and oxygen atoms in total. The van der Waals surface area contributed by atoms with Crippen molar-refractivity contribution in [1.29, 1.82) is 0 Å². The van der Waals surface area contributed by atoms with E-state index in [-0.39, 0.29) is 11.8 Å². The molecular formula is C18H20ClNO4. The molecule has 24 heavy (non-hydrogen) atoms. The molecule has 1 aromatic carbocycles. The van der Waals surface area contributed by atoms with Crippen LogP contribution >= 0.6 is 11.6 Å². The Morgan fingerprint density at radius 3 is 2.50 bits per heavy atom. The Balaban J connectivity index is 1.49. The average molecular weight is 350 g/mol. The first-order valence-corrected chi connectivity index (χ1v) is 8.75. The molecule has 0 saturated heterocycles. The highest BCUT2D eigenvalue weighted by Crippen LogP contribution is 2.69. The standard InChI is InChI=1S/C18H20ClNO4/c1-24-12-5-4-10(7-11(12)19)16(18(22)23)20-17(21)15-13-8-2-3-9(6-8)14(13)15/h4-5,7-9,13-16H,2-3,6H2,1H3,(H,20,21)(H,22,23). The van der Waals surface area contributed by atoms with Crippen molar-refractivity contribution in [1.82, 2.24) is 5.32 Å². The number of ether oxygens (including phenoxy) is 1. The van der Waals surface area contributed by atoms with Crippen molar-refractivity contribution >= 4 is 23.5 Å². The number of halogens is 1. The summed E-state index contributed by atoms with van der Waals surface area (Å²) in [5.41, 5.74) is 0.454. The number of hydrogen-bond acceptors (Lipinski definition) is 3. The number of hydrogen-bond donors (Lipinski definition) is 2. The molecule has 5 unspecified atom stereocenters. The fourth-order valence-corrected chi connectivity index (χ4v) is 5.33. The molecule has 1 aromatic rings. The lowest BCUT2D eigenvalue weighted by atomic mass is 10.0. The van der Waals surface area contributed by atoms with Gasteiger partial charge in [-0.05, 0) is 60.6 Å². The smallest absolute Gasteiger partial charge is 0.330 e. The summed E-state index contributed by atoms with van der Waals surface area (Å²) in [6.07, 6.45) is 3.72. The highest BCUT2D eigenvalue weighted by atomic mass is 35.5. The van der Waals surface area contributed by atoms with E-state index in [9.17, 15) is 14.7 Å². The Bertz CT molecular complexity index is 690. The highest BCUT2D eigenvalue weighted by molar-refractivity contribution is 6.32. The van der Waals surface area contributed by atoms with Gasteiger partial charge in [-0.2, -0.15) is 0 Å². The number of fused-ring (bicyclic) bond motifs is 5. The minimum atomic E-state index is -1.08. The maximum Gasteiger partial charge on any atom is 0.330 e. The number of carbonyl (C=O) groups excluding carboxylic acids is 1. The maximum atomic E-state index is 12.6. The van der Waals surface area contributed by atoms with E-state index in [0.29, 0.717) is 40.0 Å². The van der Waals surface area contributed by atoms with E-state index in [1.165, 1.54) is 32.4 Å². The molecule has 3 aliphatic rings. The Morgan fingerprint density at radius 1 is 1.29 bits per heavy atom. The Morgan fingerprint density at radius 2 is 1.96 bits per heavy atom. The van der Waals surface area contributed by atoms with Crippen molar-refractivity contribution in [2.45, 2.75) is 25.3 Å².